The smallest absolute Gasteiger partial charge is 0.393 e. The molecule has 1 unspecified atom stereocenters. The lowest BCUT2D eigenvalue weighted by atomic mass is 9.91. The Balaban J connectivity index is 1.60. The molecule has 38 heavy (non-hydrogen) atoms. The lowest BCUT2D eigenvalue weighted by Crippen LogP contribution is -2.09. The van der Waals surface area contributed by atoms with Crippen LogP contribution >= 0.6 is 34.8 Å². The van der Waals surface area contributed by atoms with Crippen LogP contribution in [-0.4, -0.2) is 15.0 Å². The van der Waals surface area contributed by atoms with Crippen LogP contribution in [0, 0.1) is 18.3 Å². The Morgan fingerprint density at radius 3 is 2.18 bits per heavy atom. The number of nitrogens with one attached hydrogen (secondary N) is 2. The monoisotopic (exact) mass is 577 g/mol. The lowest BCUT2D eigenvalue weighted by molar-refractivity contribution is -0.137. The van der Waals surface area contributed by atoms with E-state index in [-0.39, 0.29) is 28.2 Å². The lowest BCUT2D eigenvalue weighted by Gasteiger charge is -2.17. The van der Waals surface area contributed by atoms with Gasteiger partial charge in [-0.25, -0.2) is 15.0 Å². The highest BCUT2D eigenvalue weighted by Crippen LogP contribution is 2.37. The predicted octanol–water partition coefficient (Wildman–Crippen LogP) is 7.88. The summed E-state index contributed by atoms with van der Waals surface area (Å²) < 4.78 is 38.7. The van der Waals surface area contributed by atoms with Gasteiger partial charge in [-0.2, -0.15) is 18.4 Å². The first-order valence-electron chi connectivity index (χ1n) is 10.8. The predicted molar refractivity (Wildman–Crippen MR) is 142 cm³/mol. The molecule has 0 amide bonds. The fraction of sp³-hybridized carbons (Fsp3) is 0.120. The summed E-state index contributed by atoms with van der Waals surface area (Å²) in [4.78, 5) is 11.9. The zero-order valence-electron chi connectivity index (χ0n) is 19.4. The summed E-state index contributed by atoms with van der Waals surface area (Å²) in [6.45, 7) is 1.82. The summed E-state index contributed by atoms with van der Waals surface area (Å²) in [6, 6.07) is 13.4. The maximum atomic E-state index is 12.9. The second kappa shape index (κ2) is 10.9. The highest BCUT2D eigenvalue weighted by molar-refractivity contribution is 6.33. The zero-order chi connectivity index (χ0) is 27.6. The minimum absolute atomic E-state index is 0.0564. The minimum atomic E-state index is -4.59. The Kier molecular flexibility index (Phi) is 7.83. The largest absolute Gasteiger partial charge is 0.417 e. The third-order valence-electron chi connectivity index (χ3n) is 5.53. The van der Waals surface area contributed by atoms with Gasteiger partial charge in [0, 0.05) is 21.9 Å². The van der Waals surface area contributed by atoms with Crippen molar-refractivity contribution < 1.29 is 13.2 Å². The quantitative estimate of drug-likeness (QED) is 0.213. The molecule has 0 radical (unpaired) electrons. The van der Waals surface area contributed by atoms with Crippen molar-refractivity contribution in [3.05, 3.63) is 92.3 Å². The maximum Gasteiger partial charge on any atom is 0.417 e. The number of nitrogens with zero attached hydrogens (tertiary/aromatic N) is 4. The van der Waals surface area contributed by atoms with E-state index < -0.39 is 17.7 Å². The van der Waals surface area contributed by atoms with Gasteiger partial charge in [0.15, 0.2) is 11.6 Å². The second-order valence-corrected chi connectivity index (χ2v) is 9.34. The van der Waals surface area contributed by atoms with Gasteiger partial charge in [0.2, 0.25) is 0 Å². The molecule has 1 atom stereocenters. The molecular weight excluding hydrogens is 562 g/mol. The van der Waals surface area contributed by atoms with Crippen molar-refractivity contribution in [2.45, 2.75) is 19.0 Å². The van der Waals surface area contributed by atoms with Crippen LogP contribution in [0.5, 0.6) is 0 Å². The van der Waals surface area contributed by atoms with Gasteiger partial charge in [0.05, 0.1) is 22.6 Å². The number of halogens is 6. The van der Waals surface area contributed by atoms with E-state index in [9.17, 15) is 18.4 Å². The minimum Gasteiger partial charge on any atom is -0.393 e. The van der Waals surface area contributed by atoms with Crippen LogP contribution in [0.2, 0.25) is 15.1 Å². The number of hydrogen-bond donors (Lipinski definition) is 3. The number of pyridine rings is 1. The summed E-state index contributed by atoms with van der Waals surface area (Å²) in [6.07, 6.45) is -2.73. The molecule has 0 fully saturated rings. The van der Waals surface area contributed by atoms with E-state index >= 15 is 0 Å². The van der Waals surface area contributed by atoms with Crippen LogP contribution in [0.3, 0.4) is 0 Å². The number of alkyl halides is 3. The second-order valence-electron chi connectivity index (χ2n) is 8.09. The molecule has 0 aliphatic rings. The standard InChI is InChI=1S/C25H17Cl3F3N7/c1-12-6-16(17(9-32)13-2-4-15(26)5-3-13)18(27)8-20(12)37-23-21(33)24(36-11-35-23)38-22-19(28)7-14(10-34-22)25(29,30)31/h2-8,10-11,17H,33H2,1H3,(H2,34,35,36,37,38). The van der Waals surface area contributed by atoms with Crippen molar-refractivity contribution in [2.24, 2.45) is 0 Å². The van der Waals surface area contributed by atoms with Gasteiger partial charge in [-0.3, -0.25) is 0 Å². The van der Waals surface area contributed by atoms with Gasteiger partial charge in [-0.15, -0.1) is 0 Å². The zero-order valence-corrected chi connectivity index (χ0v) is 21.7. The molecule has 194 valence electrons. The molecule has 2 heterocycles. The molecule has 4 rings (SSSR count). The van der Waals surface area contributed by atoms with Crippen LogP contribution in [0.4, 0.5) is 42.0 Å². The average molecular weight is 579 g/mol. The molecule has 0 spiro atoms. The molecule has 4 N–H and O–H groups in total. The number of aryl methyl sites for hydroxylation is 1. The average Bonchev–Trinajstić information content (AvgIpc) is 2.86. The Morgan fingerprint density at radius 1 is 0.921 bits per heavy atom. The van der Waals surface area contributed by atoms with Gasteiger partial charge in [0.1, 0.15) is 17.8 Å². The molecule has 4 aromatic rings. The maximum absolute atomic E-state index is 12.9. The topological polar surface area (TPSA) is 113 Å². The third-order valence-corrected chi connectivity index (χ3v) is 6.40. The highest BCUT2D eigenvalue weighted by Gasteiger charge is 2.31. The van der Waals surface area contributed by atoms with Gasteiger partial charge < -0.3 is 16.4 Å². The number of nitrogens with two attached hydrogens (primary N) is 1. The molecule has 0 bridgehead atoms. The number of benzene rings is 2. The number of hydrogen-bond acceptors (Lipinski definition) is 7. The molecule has 0 aliphatic carbocycles. The SMILES string of the molecule is Cc1cc(C(C#N)c2ccc(Cl)cc2)c(Cl)cc1Nc1ncnc(Nc2ncc(C(F)(F)F)cc2Cl)c1N. The van der Waals surface area contributed by atoms with Crippen molar-refractivity contribution >= 4 is 63.6 Å². The van der Waals surface area contributed by atoms with Gasteiger partial charge in [0.25, 0.3) is 0 Å². The van der Waals surface area contributed by atoms with E-state index in [2.05, 4.69) is 31.7 Å². The molecule has 2 aromatic carbocycles. The molecule has 0 saturated heterocycles. The van der Waals surface area contributed by atoms with E-state index in [0.717, 1.165) is 17.2 Å². The van der Waals surface area contributed by atoms with Gasteiger partial charge in [-0.05, 0) is 47.9 Å². The first-order chi connectivity index (χ1) is 18.0. The van der Waals surface area contributed by atoms with Gasteiger partial charge >= 0.3 is 6.18 Å². The summed E-state index contributed by atoms with van der Waals surface area (Å²) in [5.41, 5.74) is 7.95. The van der Waals surface area contributed by atoms with E-state index in [4.69, 9.17) is 40.5 Å². The fourth-order valence-electron chi connectivity index (χ4n) is 3.56. The summed E-state index contributed by atoms with van der Waals surface area (Å²) in [5, 5.41) is 16.3. The van der Waals surface area contributed by atoms with Gasteiger partial charge in [-0.1, -0.05) is 53.0 Å². The van der Waals surface area contributed by atoms with E-state index in [1.807, 2.05) is 6.92 Å². The number of nitrogen functional groups attached to an aromatic ring is 1. The Hall–Kier alpha value is -3.78. The molecule has 7 nitrogen and oxygen atoms in total. The van der Waals surface area contributed by atoms with Crippen molar-refractivity contribution in [1.82, 2.24) is 15.0 Å². The van der Waals surface area contributed by atoms with Crippen molar-refractivity contribution in [3.63, 3.8) is 0 Å². The highest BCUT2D eigenvalue weighted by atomic mass is 35.5. The molecular formula is C25H17Cl3F3N7. The normalized spacial score (nSPS) is 12.1. The first-order valence-corrected chi connectivity index (χ1v) is 11.9. The molecule has 2 aromatic heterocycles. The third kappa shape index (κ3) is 5.86. The number of anilines is 5. The summed E-state index contributed by atoms with van der Waals surface area (Å²) >= 11 is 18.5. The van der Waals surface area contributed by atoms with Crippen molar-refractivity contribution in [2.75, 3.05) is 16.4 Å². The number of aromatic nitrogens is 3. The van der Waals surface area contributed by atoms with Crippen LogP contribution in [0.1, 0.15) is 28.2 Å². The van der Waals surface area contributed by atoms with Crippen LogP contribution in [-0.2, 0) is 6.18 Å². The van der Waals surface area contributed by atoms with E-state index in [0.29, 0.717) is 27.5 Å². The van der Waals surface area contributed by atoms with Crippen molar-refractivity contribution in [1.29, 1.82) is 5.26 Å². The van der Waals surface area contributed by atoms with Crippen LogP contribution in [0.25, 0.3) is 0 Å². The Morgan fingerprint density at radius 2 is 1.58 bits per heavy atom. The first kappa shape index (κ1) is 27.3. The Labute approximate surface area is 230 Å². The fourth-order valence-corrected chi connectivity index (χ4v) is 4.17. The van der Waals surface area contributed by atoms with E-state index in [1.165, 1.54) is 6.33 Å². The summed E-state index contributed by atoms with van der Waals surface area (Å²) in [5.74, 6) is -0.408. The van der Waals surface area contributed by atoms with E-state index in [1.54, 1.807) is 36.4 Å². The number of rotatable bonds is 6. The van der Waals surface area contributed by atoms with Crippen LogP contribution in [0.15, 0.2) is 55.0 Å². The summed E-state index contributed by atoms with van der Waals surface area (Å²) in [7, 11) is 0. The Bertz CT molecular complexity index is 1540. The molecule has 13 heteroatoms. The number of nitriles is 1. The van der Waals surface area contributed by atoms with Crippen molar-refractivity contribution in [3.8, 4) is 6.07 Å². The molecule has 0 aliphatic heterocycles. The molecule has 0 saturated carbocycles. The van der Waals surface area contributed by atoms with Crippen LogP contribution < -0.4 is 16.4 Å².